The molecule has 1 unspecified atom stereocenters. The summed E-state index contributed by atoms with van der Waals surface area (Å²) < 4.78 is 0. The van der Waals surface area contributed by atoms with Crippen molar-refractivity contribution in [1.29, 1.82) is 0 Å². The van der Waals surface area contributed by atoms with Crippen molar-refractivity contribution in [3.63, 3.8) is 0 Å². The van der Waals surface area contributed by atoms with E-state index in [2.05, 4.69) is 59.5 Å². The Kier molecular flexibility index (Phi) is 8.08. The van der Waals surface area contributed by atoms with Crippen LogP contribution in [0.15, 0.2) is 11.6 Å². The standard InChI is InChI=1S/C16H28/c1-7-9-16(12-13(2)3)11-8-10-15(6)14(4)5/h9,13-15H,7,11-12H2,1-6H3. The molecule has 0 saturated carbocycles. The third-order valence-corrected chi connectivity index (χ3v) is 2.81. The Bertz CT molecular complexity index is 257. The Morgan fingerprint density at radius 1 is 1.12 bits per heavy atom. The average molecular weight is 220 g/mol. The van der Waals surface area contributed by atoms with Crippen LogP contribution in [0.5, 0.6) is 0 Å². The molecule has 0 aliphatic heterocycles. The van der Waals surface area contributed by atoms with Crippen LogP contribution in [0, 0.1) is 29.6 Å². The van der Waals surface area contributed by atoms with E-state index >= 15 is 0 Å². The highest BCUT2D eigenvalue weighted by atomic mass is 14.1. The van der Waals surface area contributed by atoms with Crippen LogP contribution in [0.2, 0.25) is 0 Å². The van der Waals surface area contributed by atoms with E-state index in [9.17, 15) is 0 Å². The molecular weight excluding hydrogens is 192 g/mol. The Hall–Kier alpha value is -0.700. The fourth-order valence-corrected chi connectivity index (χ4v) is 1.53. The molecule has 0 aliphatic rings. The van der Waals surface area contributed by atoms with Gasteiger partial charge in [0, 0.05) is 12.3 Å². The van der Waals surface area contributed by atoms with E-state index in [0.29, 0.717) is 11.8 Å². The maximum Gasteiger partial charge on any atom is 0.0299 e. The van der Waals surface area contributed by atoms with Gasteiger partial charge in [-0.2, -0.15) is 0 Å². The van der Waals surface area contributed by atoms with Crippen LogP contribution in [0.1, 0.15) is 60.8 Å². The van der Waals surface area contributed by atoms with Crippen molar-refractivity contribution in [2.24, 2.45) is 17.8 Å². The summed E-state index contributed by atoms with van der Waals surface area (Å²) in [6.07, 6.45) is 5.62. The Balaban J connectivity index is 4.26. The van der Waals surface area contributed by atoms with Crippen molar-refractivity contribution < 1.29 is 0 Å². The van der Waals surface area contributed by atoms with Gasteiger partial charge < -0.3 is 0 Å². The molecule has 0 nitrogen and oxygen atoms in total. The van der Waals surface area contributed by atoms with Crippen LogP contribution in [-0.2, 0) is 0 Å². The lowest BCUT2D eigenvalue weighted by Gasteiger charge is -2.08. The van der Waals surface area contributed by atoms with Crippen molar-refractivity contribution in [3.8, 4) is 11.8 Å². The van der Waals surface area contributed by atoms with Gasteiger partial charge in [0.25, 0.3) is 0 Å². The maximum absolute atomic E-state index is 3.35. The van der Waals surface area contributed by atoms with Gasteiger partial charge in [-0.15, -0.1) is 0 Å². The van der Waals surface area contributed by atoms with E-state index in [4.69, 9.17) is 0 Å². The summed E-state index contributed by atoms with van der Waals surface area (Å²) in [5, 5.41) is 0. The van der Waals surface area contributed by atoms with E-state index in [-0.39, 0.29) is 0 Å². The van der Waals surface area contributed by atoms with Gasteiger partial charge in [0.1, 0.15) is 0 Å². The summed E-state index contributed by atoms with van der Waals surface area (Å²) in [5.74, 6) is 8.61. The largest absolute Gasteiger partial charge is 0.0996 e. The first-order valence-corrected chi connectivity index (χ1v) is 6.63. The minimum absolute atomic E-state index is 0.516. The second-order valence-electron chi connectivity index (χ2n) is 5.40. The van der Waals surface area contributed by atoms with Crippen LogP contribution in [0.25, 0.3) is 0 Å². The molecule has 0 N–H and O–H groups in total. The molecule has 0 radical (unpaired) electrons. The highest BCUT2D eigenvalue weighted by molar-refractivity contribution is 5.15. The predicted molar refractivity (Wildman–Crippen MR) is 74.2 cm³/mol. The van der Waals surface area contributed by atoms with Crippen LogP contribution < -0.4 is 0 Å². The zero-order chi connectivity index (χ0) is 12.6. The van der Waals surface area contributed by atoms with Crippen molar-refractivity contribution in [2.45, 2.75) is 60.8 Å². The first kappa shape index (κ1) is 15.3. The van der Waals surface area contributed by atoms with E-state index in [0.717, 1.165) is 18.8 Å². The molecule has 0 heterocycles. The lowest BCUT2D eigenvalue weighted by Crippen LogP contribution is -2.00. The minimum Gasteiger partial charge on any atom is -0.0996 e. The first-order chi connectivity index (χ1) is 7.47. The molecule has 0 aromatic heterocycles. The second kappa shape index (κ2) is 8.45. The van der Waals surface area contributed by atoms with Gasteiger partial charge in [0.2, 0.25) is 0 Å². The smallest absolute Gasteiger partial charge is 0.0299 e. The molecule has 0 heteroatoms. The molecule has 16 heavy (non-hydrogen) atoms. The van der Waals surface area contributed by atoms with E-state index in [1.807, 2.05) is 0 Å². The van der Waals surface area contributed by atoms with Gasteiger partial charge in [-0.05, 0) is 24.7 Å². The van der Waals surface area contributed by atoms with Crippen LogP contribution >= 0.6 is 0 Å². The molecule has 0 bridgehead atoms. The van der Waals surface area contributed by atoms with Crippen molar-refractivity contribution in [3.05, 3.63) is 11.6 Å². The molecular formula is C16H28. The molecule has 0 fully saturated rings. The molecule has 0 rings (SSSR count). The van der Waals surface area contributed by atoms with E-state index in [1.54, 1.807) is 0 Å². The molecule has 0 spiro atoms. The summed E-state index contributed by atoms with van der Waals surface area (Å²) in [4.78, 5) is 0. The number of allylic oxidation sites excluding steroid dienone is 2. The average Bonchev–Trinajstić information content (AvgIpc) is 2.16. The van der Waals surface area contributed by atoms with Gasteiger partial charge in [0.15, 0.2) is 0 Å². The van der Waals surface area contributed by atoms with Gasteiger partial charge in [-0.1, -0.05) is 65.0 Å². The third-order valence-electron chi connectivity index (χ3n) is 2.81. The quantitative estimate of drug-likeness (QED) is 0.449. The zero-order valence-electron chi connectivity index (χ0n) is 11.9. The monoisotopic (exact) mass is 220 g/mol. The molecule has 92 valence electrons. The van der Waals surface area contributed by atoms with Gasteiger partial charge in [-0.25, -0.2) is 0 Å². The molecule has 0 aromatic carbocycles. The lowest BCUT2D eigenvalue weighted by molar-refractivity contribution is 0.519. The fraction of sp³-hybridized carbons (Fsp3) is 0.750. The van der Waals surface area contributed by atoms with Crippen LogP contribution in [-0.4, -0.2) is 0 Å². The fourth-order valence-electron chi connectivity index (χ4n) is 1.53. The Morgan fingerprint density at radius 3 is 2.19 bits per heavy atom. The predicted octanol–water partition coefficient (Wildman–Crippen LogP) is 5.05. The highest BCUT2D eigenvalue weighted by Crippen LogP contribution is 2.15. The molecule has 1 atom stereocenters. The summed E-state index contributed by atoms with van der Waals surface area (Å²) in [6.45, 7) is 13.4. The summed E-state index contributed by atoms with van der Waals surface area (Å²) in [6, 6.07) is 0. The highest BCUT2D eigenvalue weighted by Gasteiger charge is 2.02. The van der Waals surface area contributed by atoms with E-state index in [1.165, 1.54) is 12.0 Å². The third kappa shape index (κ3) is 7.57. The number of hydrogen-bond acceptors (Lipinski definition) is 0. The zero-order valence-corrected chi connectivity index (χ0v) is 11.9. The molecule has 0 aromatic rings. The molecule has 0 amide bonds. The normalized spacial score (nSPS) is 13.9. The first-order valence-electron chi connectivity index (χ1n) is 6.63. The summed E-state index contributed by atoms with van der Waals surface area (Å²) >= 11 is 0. The SMILES string of the molecule is CCC=C(CC#CC(C)C(C)C)CC(C)C. The topological polar surface area (TPSA) is 0 Å². The number of rotatable bonds is 5. The molecule has 0 aliphatic carbocycles. The lowest BCUT2D eigenvalue weighted by atomic mass is 9.97. The van der Waals surface area contributed by atoms with Gasteiger partial charge in [-0.3, -0.25) is 0 Å². The Morgan fingerprint density at radius 2 is 1.75 bits per heavy atom. The van der Waals surface area contributed by atoms with Crippen LogP contribution in [0.4, 0.5) is 0 Å². The summed E-state index contributed by atoms with van der Waals surface area (Å²) in [7, 11) is 0. The van der Waals surface area contributed by atoms with Gasteiger partial charge >= 0.3 is 0 Å². The second-order valence-corrected chi connectivity index (χ2v) is 5.40. The van der Waals surface area contributed by atoms with Crippen molar-refractivity contribution in [2.75, 3.05) is 0 Å². The van der Waals surface area contributed by atoms with Gasteiger partial charge in [0.05, 0.1) is 0 Å². The van der Waals surface area contributed by atoms with Crippen molar-refractivity contribution >= 4 is 0 Å². The van der Waals surface area contributed by atoms with Crippen LogP contribution in [0.3, 0.4) is 0 Å². The maximum atomic E-state index is 3.35. The van der Waals surface area contributed by atoms with Crippen molar-refractivity contribution in [1.82, 2.24) is 0 Å². The minimum atomic E-state index is 0.516. The Labute approximate surface area is 103 Å². The van der Waals surface area contributed by atoms with E-state index < -0.39 is 0 Å². The number of hydrogen-bond donors (Lipinski definition) is 0. The molecule has 0 saturated heterocycles. The summed E-state index contributed by atoms with van der Waals surface area (Å²) in [5.41, 5.74) is 1.51.